The summed E-state index contributed by atoms with van der Waals surface area (Å²) >= 11 is 3.50. The largest absolute Gasteiger partial charge is 0.371 e. The maximum absolute atomic E-state index is 11.0. The number of benzene rings is 1. The average molecular weight is 354 g/mol. The SMILES string of the molecule is Cc1cc(N(C)C2CC3CCC(C2)N3)c(Br)cc1[N+](=O)[O-]. The zero-order chi connectivity index (χ0) is 15.1. The minimum absolute atomic E-state index is 0.171. The molecule has 114 valence electrons. The second-order valence-corrected chi connectivity index (χ2v) is 7.08. The van der Waals surface area contributed by atoms with E-state index in [4.69, 9.17) is 0 Å². The second kappa shape index (κ2) is 5.57. The average Bonchev–Trinajstić information content (AvgIpc) is 2.78. The molecule has 2 aliphatic rings. The van der Waals surface area contributed by atoms with Crippen molar-refractivity contribution < 1.29 is 4.92 Å². The van der Waals surface area contributed by atoms with Crippen molar-refractivity contribution >= 4 is 27.3 Å². The van der Waals surface area contributed by atoms with E-state index in [1.807, 2.05) is 6.07 Å². The van der Waals surface area contributed by atoms with E-state index in [0.717, 1.165) is 23.0 Å². The molecule has 2 saturated heterocycles. The summed E-state index contributed by atoms with van der Waals surface area (Å²) in [6, 6.07) is 5.31. The number of piperidine rings is 1. The molecule has 5 nitrogen and oxygen atoms in total. The Kier molecular flexibility index (Phi) is 3.92. The van der Waals surface area contributed by atoms with Crippen LogP contribution in [0.5, 0.6) is 0 Å². The lowest BCUT2D eigenvalue weighted by molar-refractivity contribution is -0.385. The van der Waals surface area contributed by atoms with Gasteiger partial charge in [0.05, 0.1) is 10.6 Å². The number of hydrogen-bond donors (Lipinski definition) is 1. The molecule has 0 aromatic heterocycles. The first-order valence-corrected chi connectivity index (χ1v) is 8.18. The molecule has 0 radical (unpaired) electrons. The second-order valence-electron chi connectivity index (χ2n) is 6.22. The Morgan fingerprint density at radius 2 is 1.95 bits per heavy atom. The Labute approximate surface area is 133 Å². The zero-order valence-corrected chi connectivity index (χ0v) is 13.9. The first kappa shape index (κ1) is 14.8. The zero-order valence-electron chi connectivity index (χ0n) is 12.3. The summed E-state index contributed by atoms with van der Waals surface area (Å²) in [6.07, 6.45) is 4.84. The quantitative estimate of drug-likeness (QED) is 0.668. The summed E-state index contributed by atoms with van der Waals surface area (Å²) in [4.78, 5) is 13.0. The van der Waals surface area contributed by atoms with Gasteiger partial charge in [-0.05, 0) is 54.6 Å². The number of nitro groups is 1. The Bertz CT molecular complexity index is 566. The number of nitrogens with one attached hydrogen (secondary N) is 1. The summed E-state index contributed by atoms with van der Waals surface area (Å²) in [5.74, 6) is 0. The van der Waals surface area contributed by atoms with Crippen molar-refractivity contribution in [2.75, 3.05) is 11.9 Å². The topological polar surface area (TPSA) is 58.4 Å². The van der Waals surface area contributed by atoms with Gasteiger partial charge in [-0.1, -0.05) is 0 Å². The number of rotatable bonds is 3. The van der Waals surface area contributed by atoms with Crippen molar-refractivity contribution in [1.82, 2.24) is 5.32 Å². The molecule has 2 atom stereocenters. The minimum Gasteiger partial charge on any atom is -0.371 e. The van der Waals surface area contributed by atoms with Crippen molar-refractivity contribution in [2.24, 2.45) is 0 Å². The fourth-order valence-electron chi connectivity index (χ4n) is 3.66. The Morgan fingerprint density at radius 1 is 1.33 bits per heavy atom. The molecule has 0 spiro atoms. The van der Waals surface area contributed by atoms with E-state index in [0.29, 0.717) is 23.7 Å². The van der Waals surface area contributed by atoms with Crippen molar-refractivity contribution in [3.8, 4) is 0 Å². The van der Waals surface area contributed by atoms with Crippen molar-refractivity contribution in [3.63, 3.8) is 0 Å². The van der Waals surface area contributed by atoms with E-state index in [1.54, 1.807) is 13.0 Å². The summed E-state index contributed by atoms with van der Waals surface area (Å²) in [5, 5.41) is 14.7. The van der Waals surface area contributed by atoms with Gasteiger partial charge >= 0.3 is 0 Å². The highest BCUT2D eigenvalue weighted by Gasteiger charge is 2.35. The highest BCUT2D eigenvalue weighted by atomic mass is 79.9. The molecule has 1 aromatic rings. The number of halogens is 1. The van der Waals surface area contributed by atoms with Gasteiger partial charge in [0.25, 0.3) is 5.69 Å². The van der Waals surface area contributed by atoms with Crippen LogP contribution in [0.1, 0.15) is 31.2 Å². The summed E-state index contributed by atoms with van der Waals surface area (Å²) in [7, 11) is 2.10. The highest BCUT2D eigenvalue weighted by molar-refractivity contribution is 9.10. The highest BCUT2D eigenvalue weighted by Crippen LogP contribution is 2.37. The van der Waals surface area contributed by atoms with Crippen LogP contribution in [-0.2, 0) is 0 Å². The maximum Gasteiger partial charge on any atom is 0.273 e. The number of anilines is 1. The van der Waals surface area contributed by atoms with Gasteiger partial charge in [0, 0.05) is 41.3 Å². The van der Waals surface area contributed by atoms with E-state index in [2.05, 4.69) is 33.2 Å². The molecule has 2 bridgehead atoms. The van der Waals surface area contributed by atoms with Crippen molar-refractivity contribution in [3.05, 3.63) is 32.3 Å². The number of nitrogens with zero attached hydrogens (tertiary/aromatic N) is 2. The van der Waals surface area contributed by atoms with E-state index < -0.39 is 0 Å². The van der Waals surface area contributed by atoms with Crippen LogP contribution < -0.4 is 10.2 Å². The minimum atomic E-state index is -0.325. The first-order valence-electron chi connectivity index (χ1n) is 7.39. The molecule has 2 heterocycles. The molecule has 6 heteroatoms. The Hall–Kier alpha value is -1.14. The van der Waals surface area contributed by atoms with Crippen molar-refractivity contribution in [1.29, 1.82) is 0 Å². The molecule has 3 rings (SSSR count). The van der Waals surface area contributed by atoms with Gasteiger partial charge in [0.15, 0.2) is 0 Å². The van der Waals surface area contributed by atoms with Gasteiger partial charge in [-0.3, -0.25) is 10.1 Å². The molecule has 2 fully saturated rings. The van der Waals surface area contributed by atoms with Crippen LogP contribution >= 0.6 is 15.9 Å². The molecule has 2 unspecified atom stereocenters. The first-order chi connectivity index (χ1) is 9.95. The third-order valence-electron chi connectivity index (χ3n) is 4.84. The number of fused-ring (bicyclic) bond motifs is 2. The molecule has 1 N–H and O–H groups in total. The lowest BCUT2D eigenvalue weighted by Crippen LogP contribution is -2.47. The molecule has 0 aliphatic carbocycles. The third kappa shape index (κ3) is 2.79. The molecule has 2 aliphatic heterocycles. The van der Waals surface area contributed by atoms with Crippen molar-refractivity contribution in [2.45, 2.75) is 50.7 Å². The van der Waals surface area contributed by atoms with Crippen LogP contribution in [0.4, 0.5) is 11.4 Å². The standard InChI is InChI=1S/C15H20BrN3O2/c1-9-5-15(13(16)8-14(9)19(20)21)18(2)12-6-10-3-4-11(7-12)17-10/h5,8,10-12,17H,3-4,6-7H2,1-2H3. The summed E-state index contributed by atoms with van der Waals surface area (Å²) < 4.78 is 0.799. The molecule has 1 aromatic carbocycles. The number of aryl methyl sites for hydroxylation is 1. The van der Waals surface area contributed by atoms with Crippen LogP contribution in [-0.4, -0.2) is 30.1 Å². The predicted octanol–water partition coefficient (Wildman–Crippen LogP) is 3.38. The maximum atomic E-state index is 11.0. The molecular formula is C15H20BrN3O2. The predicted molar refractivity (Wildman–Crippen MR) is 86.9 cm³/mol. The van der Waals surface area contributed by atoms with Crippen LogP contribution in [0, 0.1) is 17.0 Å². The van der Waals surface area contributed by atoms with Gasteiger partial charge in [-0.15, -0.1) is 0 Å². The van der Waals surface area contributed by atoms with E-state index in [-0.39, 0.29) is 10.6 Å². The lowest BCUT2D eigenvalue weighted by atomic mass is 9.98. The molecular weight excluding hydrogens is 334 g/mol. The van der Waals surface area contributed by atoms with Crippen LogP contribution in [0.3, 0.4) is 0 Å². The normalized spacial score (nSPS) is 27.7. The van der Waals surface area contributed by atoms with Gasteiger partial charge in [-0.25, -0.2) is 0 Å². The van der Waals surface area contributed by atoms with Crippen LogP contribution in [0.15, 0.2) is 16.6 Å². The van der Waals surface area contributed by atoms with Gasteiger partial charge in [-0.2, -0.15) is 0 Å². The van der Waals surface area contributed by atoms with E-state index >= 15 is 0 Å². The Balaban J connectivity index is 1.86. The van der Waals surface area contributed by atoms with Gasteiger partial charge in [0.2, 0.25) is 0 Å². The summed E-state index contributed by atoms with van der Waals surface area (Å²) in [5.41, 5.74) is 1.93. The smallest absolute Gasteiger partial charge is 0.273 e. The molecule has 0 saturated carbocycles. The van der Waals surface area contributed by atoms with E-state index in [1.165, 1.54) is 12.8 Å². The van der Waals surface area contributed by atoms with Gasteiger partial charge in [0.1, 0.15) is 0 Å². The number of nitro benzene ring substituents is 1. The summed E-state index contributed by atoms with van der Waals surface area (Å²) in [6.45, 7) is 1.80. The fourth-order valence-corrected chi connectivity index (χ4v) is 4.27. The Morgan fingerprint density at radius 3 is 2.52 bits per heavy atom. The van der Waals surface area contributed by atoms with Crippen LogP contribution in [0.2, 0.25) is 0 Å². The van der Waals surface area contributed by atoms with Gasteiger partial charge < -0.3 is 10.2 Å². The fraction of sp³-hybridized carbons (Fsp3) is 0.600. The van der Waals surface area contributed by atoms with E-state index in [9.17, 15) is 10.1 Å². The lowest BCUT2D eigenvalue weighted by Gasteiger charge is -2.37. The van der Waals surface area contributed by atoms with Crippen LogP contribution in [0.25, 0.3) is 0 Å². The monoisotopic (exact) mass is 353 g/mol. The number of hydrogen-bond acceptors (Lipinski definition) is 4. The molecule has 0 amide bonds. The third-order valence-corrected chi connectivity index (χ3v) is 5.47. The molecule has 21 heavy (non-hydrogen) atoms.